The molecular formula is C11H15ClN4O. The first-order chi connectivity index (χ1) is 8.22. The smallest absolute Gasteiger partial charge is 0.287 e. The second-order valence-electron chi connectivity index (χ2n) is 3.98. The first kappa shape index (κ1) is 12.1. The Bertz CT molecular complexity index is 465. The molecule has 2 heterocycles. The van der Waals surface area contributed by atoms with Crippen molar-refractivity contribution in [3.05, 3.63) is 34.2 Å². The molecule has 2 N–H and O–H groups in total. The number of hydrogen-bond donors (Lipinski definition) is 2. The fourth-order valence-electron chi connectivity index (χ4n) is 1.82. The highest BCUT2D eigenvalue weighted by Gasteiger charge is 2.16. The maximum Gasteiger partial charge on any atom is 0.287 e. The number of halogens is 1. The summed E-state index contributed by atoms with van der Waals surface area (Å²) in [5, 5.41) is 10.7. The van der Waals surface area contributed by atoms with Gasteiger partial charge in [-0.1, -0.05) is 17.7 Å². The van der Waals surface area contributed by atoms with Gasteiger partial charge in [0.15, 0.2) is 0 Å². The van der Waals surface area contributed by atoms with Gasteiger partial charge in [-0.25, -0.2) is 4.68 Å². The predicted molar refractivity (Wildman–Crippen MR) is 68.6 cm³/mol. The molecule has 0 radical (unpaired) electrons. The second kappa shape index (κ2) is 5.33. The standard InChI is InChI=1S/C11H15ClN4O/c1-2-5-16-11(17)10(12)9(7-14-16)15-8-3-4-13-6-8/h2,7-8,13,15H,1,3-6H2. The van der Waals surface area contributed by atoms with E-state index in [4.69, 9.17) is 11.6 Å². The molecule has 1 fully saturated rings. The van der Waals surface area contributed by atoms with Crippen molar-refractivity contribution in [3.63, 3.8) is 0 Å². The van der Waals surface area contributed by atoms with Crippen molar-refractivity contribution in [2.24, 2.45) is 0 Å². The molecule has 6 heteroatoms. The molecule has 0 aromatic carbocycles. The number of nitrogens with one attached hydrogen (secondary N) is 2. The number of anilines is 1. The summed E-state index contributed by atoms with van der Waals surface area (Å²) < 4.78 is 1.29. The van der Waals surface area contributed by atoms with Gasteiger partial charge in [0, 0.05) is 12.6 Å². The highest BCUT2D eigenvalue weighted by molar-refractivity contribution is 6.32. The summed E-state index contributed by atoms with van der Waals surface area (Å²) in [6.07, 6.45) is 4.22. The van der Waals surface area contributed by atoms with Gasteiger partial charge in [0.05, 0.1) is 18.4 Å². The van der Waals surface area contributed by atoms with Crippen LogP contribution in [-0.4, -0.2) is 28.9 Å². The molecule has 0 bridgehead atoms. The van der Waals surface area contributed by atoms with Crippen LogP contribution in [0.4, 0.5) is 5.69 Å². The van der Waals surface area contributed by atoms with Gasteiger partial charge in [0.25, 0.3) is 5.56 Å². The fourth-order valence-corrected chi connectivity index (χ4v) is 2.02. The molecule has 2 rings (SSSR count). The Hall–Kier alpha value is -1.33. The normalized spacial score (nSPS) is 19.2. The van der Waals surface area contributed by atoms with Crippen LogP contribution in [0, 0.1) is 0 Å². The Labute approximate surface area is 104 Å². The average molecular weight is 255 g/mol. The van der Waals surface area contributed by atoms with Crippen LogP contribution in [0.1, 0.15) is 6.42 Å². The highest BCUT2D eigenvalue weighted by atomic mass is 35.5. The van der Waals surface area contributed by atoms with Crippen molar-refractivity contribution in [1.82, 2.24) is 15.1 Å². The van der Waals surface area contributed by atoms with E-state index in [1.807, 2.05) is 0 Å². The van der Waals surface area contributed by atoms with Crippen LogP contribution in [0.2, 0.25) is 5.02 Å². The predicted octanol–water partition coefficient (Wildman–Crippen LogP) is 0.856. The molecule has 0 amide bonds. The largest absolute Gasteiger partial charge is 0.378 e. The average Bonchev–Trinajstić information content (AvgIpc) is 2.82. The molecule has 1 unspecified atom stereocenters. The monoisotopic (exact) mass is 254 g/mol. The van der Waals surface area contributed by atoms with Gasteiger partial charge in [0.1, 0.15) is 5.02 Å². The lowest BCUT2D eigenvalue weighted by Gasteiger charge is -2.14. The van der Waals surface area contributed by atoms with Crippen molar-refractivity contribution in [2.45, 2.75) is 19.0 Å². The van der Waals surface area contributed by atoms with Crippen LogP contribution in [0.3, 0.4) is 0 Å². The molecule has 1 atom stereocenters. The van der Waals surface area contributed by atoms with Crippen LogP contribution in [0.15, 0.2) is 23.6 Å². The van der Waals surface area contributed by atoms with E-state index in [1.54, 1.807) is 12.3 Å². The van der Waals surface area contributed by atoms with Crippen LogP contribution in [-0.2, 0) is 6.54 Å². The zero-order valence-electron chi connectivity index (χ0n) is 9.45. The van der Waals surface area contributed by atoms with Crippen molar-refractivity contribution < 1.29 is 0 Å². The third-order valence-corrected chi connectivity index (χ3v) is 3.07. The minimum atomic E-state index is -0.289. The van der Waals surface area contributed by atoms with E-state index >= 15 is 0 Å². The first-order valence-corrected chi connectivity index (χ1v) is 5.94. The van der Waals surface area contributed by atoms with Crippen LogP contribution in [0.25, 0.3) is 0 Å². The van der Waals surface area contributed by atoms with Gasteiger partial charge in [-0.3, -0.25) is 4.79 Å². The molecule has 1 aliphatic heterocycles. The number of nitrogens with zero attached hydrogens (tertiary/aromatic N) is 2. The Morgan fingerprint density at radius 1 is 1.76 bits per heavy atom. The van der Waals surface area contributed by atoms with Crippen LogP contribution in [0.5, 0.6) is 0 Å². The lowest BCUT2D eigenvalue weighted by atomic mass is 10.2. The van der Waals surface area contributed by atoms with Gasteiger partial charge in [-0.15, -0.1) is 6.58 Å². The van der Waals surface area contributed by atoms with Gasteiger partial charge >= 0.3 is 0 Å². The van der Waals surface area contributed by atoms with E-state index in [-0.39, 0.29) is 10.6 Å². The third kappa shape index (κ3) is 2.68. The molecule has 0 spiro atoms. The van der Waals surface area contributed by atoms with Crippen molar-refractivity contribution in [2.75, 3.05) is 18.4 Å². The lowest BCUT2D eigenvalue weighted by molar-refractivity contribution is 0.651. The number of rotatable bonds is 4. The topological polar surface area (TPSA) is 59.0 Å². The maximum atomic E-state index is 11.8. The molecular weight excluding hydrogens is 240 g/mol. The molecule has 17 heavy (non-hydrogen) atoms. The molecule has 1 aromatic rings. The van der Waals surface area contributed by atoms with E-state index in [9.17, 15) is 4.79 Å². The molecule has 1 aromatic heterocycles. The Balaban J connectivity index is 2.20. The zero-order valence-corrected chi connectivity index (χ0v) is 10.2. The number of aromatic nitrogens is 2. The minimum Gasteiger partial charge on any atom is -0.378 e. The van der Waals surface area contributed by atoms with Crippen LogP contribution < -0.4 is 16.2 Å². The fraction of sp³-hybridized carbons (Fsp3) is 0.455. The van der Waals surface area contributed by atoms with E-state index in [0.29, 0.717) is 18.3 Å². The molecule has 0 saturated carbocycles. The molecule has 92 valence electrons. The quantitative estimate of drug-likeness (QED) is 0.783. The molecule has 5 nitrogen and oxygen atoms in total. The van der Waals surface area contributed by atoms with E-state index in [1.165, 1.54) is 4.68 Å². The van der Waals surface area contributed by atoms with Gasteiger partial charge in [0.2, 0.25) is 0 Å². The Morgan fingerprint density at radius 3 is 3.24 bits per heavy atom. The summed E-state index contributed by atoms with van der Waals surface area (Å²) in [6.45, 7) is 5.79. The Kier molecular flexibility index (Phi) is 3.81. The van der Waals surface area contributed by atoms with E-state index in [0.717, 1.165) is 19.5 Å². The first-order valence-electron chi connectivity index (χ1n) is 5.56. The summed E-state index contributed by atoms with van der Waals surface area (Å²) in [4.78, 5) is 11.8. The molecule has 1 aliphatic rings. The summed E-state index contributed by atoms with van der Waals surface area (Å²) >= 11 is 6.02. The van der Waals surface area contributed by atoms with Gasteiger partial charge in [-0.2, -0.15) is 5.10 Å². The molecule has 0 aliphatic carbocycles. The van der Waals surface area contributed by atoms with Crippen molar-refractivity contribution in [3.8, 4) is 0 Å². The number of hydrogen-bond acceptors (Lipinski definition) is 4. The summed E-state index contributed by atoms with van der Waals surface area (Å²) in [5.74, 6) is 0. The summed E-state index contributed by atoms with van der Waals surface area (Å²) in [7, 11) is 0. The van der Waals surface area contributed by atoms with Gasteiger partial charge in [-0.05, 0) is 13.0 Å². The highest BCUT2D eigenvalue weighted by Crippen LogP contribution is 2.17. The van der Waals surface area contributed by atoms with Gasteiger partial charge < -0.3 is 10.6 Å². The SMILES string of the molecule is C=CCn1ncc(NC2CCNC2)c(Cl)c1=O. The van der Waals surface area contributed by atoms with E-state index in [2.05, 4.69) is 22.3 Å². The lowest BCUT2D eigenvalue weighted by Crippen LogP contribution is -2.27. The number of allylic oxidation sites excluding steroid dienone is 1. The summed E-state index contributed by atoms with van der Waals surface area (Å²) in [6, 6.07) is 0.309. The van der Waals surface area contributed by atoms with Crippen molar-refractivity contribution >= 4 is 17.3 Å². The Morgan fingerprint density at radius 2 is 2.59 bits per heavy atom. The molecule has 1 saturated heterocycles. The summed E-state index contributed by atoms with van der Waals surface area (Å²) in [5.41, 5.74) is 0.313. The second-order valence-corrected chi connectivity index (χ2v) is 4.36. The zero-order chi connectivity index (χ0) is 12.3. The van der Waals surface area contributed by atoms with Crippen molar-refractivity contribution in [1.29, 1.82) is 0 Å². The van der Waals surface area contributed by atoms with Crippen LogP contribution >= 0.6 is 11.6 Å². The van der Waals surface area contributed by atoms with E-state index < -0.39 is 0 Å². The minimum absolute atomic E-state index is 0.189. The maximum absolute atomic E-state index is 11.8. The third-order valence-electron chi connectivity index (χ3n) is 2.71.